The topological polar surface area (TPSA) is 21.1 Å². The van der Waals surface area contributed by atoms with E-state index >= 15 is 0 Å². The molecular formula is C12H21N3. The second kappa shape index (κ2) is 4.35. The average molecular weight is 207 g/mol. The molecule has 84 valence electrons. The highest BCUT2D eigenvalue weighted by Gasteiger charge is 2.18. The van der Waals surface area contributed by atoms with E-state index in [0.717, 1.165) is 19.5 Å². The zero-order chi connectivity index (χ0) is 10.8. The molecule has 1 aromatic rings. The molecule has 1 aromatic heterocycles. The van der Waals surface area contributed by atoms with Crippen molar-refractivity contribution in [3.05, 3.63) is 17.7 Å². The number of fused-ring (bicyclic) bond motifs is 1. The van der Waals surface area contributed by atoms with Crippen molar-refractivity contribution >= 4 is 0 Å². The number of aryl methyl sites for hydroxylation is 1. The third-order valence-electron chi connectivity index (χ3n) is 3.15. The molecule has 1 unspecified atom stereocenters. The van der Waals surface area contributed by atoms with Gasteiger partial charge in [0, 0.05) is 31.6 Å². The second-order valence-electron chi connectivity index (χ2n) is 4.88. The van der Waals surface area contributed by atoms with Gasteiger partial charge in [-0.3, -0.25) is 0 Å². The first-order valence-electron chi connectivity index (χ1n) is 5.87. The van der Waals surface area contributed by atoms with E-state index in [0.29, 0.717) is 5.92 Å². The Balaban J connectivity index is 2.08. The number of hydrogen-bond acceptors (Lipinski definition) is 2. The molecule has 3 heteroatoms. The molecule has 1 aliphatic rings. The van der Waals surface area contributed by atoms with E-state index in [-0.39, 0.29) is 0 Å². The molecule has 1 atom stereocenters. The first-order valence-corrected chi connectivity index (χ1v) is 5.87. The van der Waals surface area contributed by atoms with Crippen molar-refractivity contribution < 1.29 is 0 Å². The highest BCUT2D eigenvalue weighted by Crippen LogP contribution is 2.25. The lowest BCUT2D eigenvalue weighted by Gasteiger charge is -2.19. The number of nitrogens with zero attached hydrogens (tertiary/aromatic N) is 3. The van der Waals surface area contributed by atoms with E-state index in [9.17, 15) is 0 Å². The van der Waals surface area contributed by atoms with Crippen molar-refractivity contribution in [1.29, 1.82) is 0 Å². The third kappa shape index (κ3) is 2.40. The summed E-state index contributed by atoms with van der Waals surface area (Å²) in [6, 6.07) is 0. The normalized spacial score (nSPS) is 20.7. The van der Waals surface area contributed by atoms with Crippen LogP contribution in [0, 0.1) is 0 Å². The minimum absolute atomic E-state index is 0.645. The molecule has 0 saturated heterocycles. The van der Waals surface area contributed by atoms with Crippen LogP contribution < -0.4 is 0 Å². The first-order chi connectivity index (χ1) is 7.16. The first kappa shape index (κ1) is 10.7. The van der Waals surface area contributed by atoms with Crippen LogP contribution in [0.2, 0.25) is 0 Å². The predicted molar refractivity (Wildman–Crippen MR) is 62.1 cm³/mol. The summed E-state index contributed by atoms with van der Waals surface area (Å²) >= 11 is 0. The van der Waals surface area contributed by atoms with Crippen LogP contribution >= 0.6 is 0 Å². The number of likely N-dealkylation sites (N-methyl/N-ethyl adjacent to an activating group) is 1. The minimum Gasteiger partial charge on any atom is -0.334 e. The van der Waals surface area contributed by atoms with Crippen molar-refractivity contribution in [2.75, 3.05) is 20.6 Å². The van der Waals surface area contributed by atoms with Crippen molar-refractivity contribution in [3.8, 4) is 0 Å². The summed E-state index contributed by atoms with van der Waals surface area (Å²) in [5.41, 5.74) is 1.26. The van der Waals surface area contributed by atoms with Crippen molar-refractivity contribution in [3.63, 3.8) is 0 Å². The van der Waals surface area contributed by atoms with Crippen LogP contribution in [0.25, 0.3) is 0 Å². The Bertz CT molecular complexity index is 328. The second-order valence-corrected chi connectivity index (χ2v) is 4.88. The number of imidazole rings is 1. The van der Waals surface area contributed by atoms with Crippen LogP contribution in [0.4, 0.5) is 0 Å². The Kier molecular flexibility index (Phi) is 3.10. The molecule has 0 bridgehead atoms. The van der Waals surface area contributed by atoms with E-state index < -0.39 is 0 Å². The van der Waals surface area contributed by atoms with Crippen LogP contribution in [0.3, 0.4) is 0 Å². The van der Waals surface area contributed by atoms with Gasteiger partial charge in [-0.2, -0.15) is 0 Å². The molecule has 0 fully saturated rings. The van der Waals surface area contributed by atoms with Gasteiger partial charge >= 0.3 is 0 Å². The summed E-state index contributed by atoms with van der Waals surface area (Å²) in [7, 11) is 4.22. The van der Waals surface area contributed by atoms with E-state index in [2.05, 4.69) is 36.7 Å². The lowest BCUT2D eigenvalue weighted by atomic mass is 10.0. The lowest BCUT2D eigenvalue weighted by molar-refractivity contribution is 0.412. The van der Waals surface area contributed by atoms with Crippen LogP contribution in [0.5, 0.6) is 0 Å². The standard InChI is InChI=1S/C12H21N3/c1-10-5-4-7-15-9-11(13-12(10)15)6-8-14(2)3/h9-10H,4-8H2,1-3H3. The summed E-state index contributed by atoms with van der Waals surface area (Å²) in [5, 5.41) is 0. The van der Waals surface area contributed by atoms with E-state index in [1.165, 1.54) is 24.4 Å². The van der Waals surface area contributed by atoms with Gasteiger partial charge in [-0.15, -0.1) is 0 Å². The lowest BCUT2D eigenvalue weighted by Crippen LogP contribution is -2.15. The molecule has 1 aliphatic heterocycles. The van der Waals surface area contributed by atoms with Gasteiger partial charge in [0.2, 0.25) is 0 Å². The predicted octanol–water partition coefficient (Wildman–Crippen LogP) is 1.88. The van der Waals surface area contributed by atoms with Crippen LogP contribution in [0.1, 0.15) is 37.2 Å². The summed E-state index contributed by atoms with van der Waals surface area (Å²) in [5.74, 6) is 1.95. The fourth-order valence-corrected chi connectivity index (χ4v) is 2.21. The molecule has 2 heterocycles. The molecule has 0 N–H and O–H groups in total. The van der Waals surface area contributed by atoms with Crippen LogP contribution in [-0.2, 0) is 13.0 Å². The van der Waals surface area contributed by atoms with Gasteiger partial charge < -0.3 is 9.47 Å². The molecule has 0 spiro atoms. The number of hydrogen-bond donors (Lipinski definition) is 0. The molecule has 0 amide bonds. The van der Waals surface area contributed by atoms with Crippen molar-refractivity contribution in [1.82, 2.24) is 14.5 Å². The van der Waals surface area contributed by atoms with Gasteiger partial charge in [0.05, 0.1) is 5.69 Å². The number of rotatable bonds is 3. The summed E-state index contributed by atoms with van der Waals surface area (Å²) in [4.78, 5) is 6.95. The molecular weight excluding hydrogens is 186 g/mol. The van der Waals surface area contributed by atoms with Gasteiger partial charge in [0.1, 0.15) is 5.82 Å². The molecule has 0 saturated carbocycles. The maximum absolute atomic E-state index is 4.74. The Morgan fingerprint density at radius 3 is 3.00 bits per heavy atom. The zero-order valence-electron chi connectivity index (χ0n) is 10.0. The highest BCUT2D eigenvalue weighted by atomic mass is 15.1. The Hall–Kier alpha value is -0.830. The zero-order valence-corrected chi connectivity index (χ0v) is 10.0. The fourth-order valence-electron chi connectivity index (χ4n) is 2.21. The Morgan fingerprint density at radius 2 is 2.33 bits per heavy atom. The van der Waals surface area contributed by atoms with E-state index in [1.54, 1.807) is 0 Å². The number of aromatic nitrogens is 2. The maximum atomic E-state index is 4.74. The third-order valence-corrected chi connectivity index (χ3v) is 3.15. The van der Waals surface area contributed by atoms with Gasteiger partial charge in [-0.25, -0.2) is 4.98 Å². The maximum Gasteiger partial charge on any atom is 0.111 e. The Morgan fingerprint density at radius 1 is 1.53 bits per heavy atom. The van der Waals surface area contributed by atoms with Gasteiger partial charge in [0.25, 0.3) is 0 Å². The van der Waals surface area contributed by atoms with E-state index in [1.807, 2.05) is 0 Å². The summed E-state index contributed by atoms with van der Waals surface area (Å²) in [6.45, 7) is 4.53. The van der Waals surface area contributed by atoms with Gasteiger partial charge in [0.15, 0.2) is 0 Å². The minimum atomic E-state index is 0.645. The fraction of sp³-hybridized carbons (Fsp3) is 0.750. The summed E-state index contributed by atoms with van der Waals surface area (Å²) < 4.78 is 2.35. The quantitative estimate of drug-likeness (QED) is 0.754. The molecule has 15 heavy (non-hydrogen) atoms. The van der Waals surface area contributed by atoms with E-state index in [4.69, 9.17) is 4.98 Å². The van der Waals surface area contributed by atoms with Crippen molar-refractivity contribution in [2.24, 2.45) is 0 Å². The van der Waals surface area contributed by atoms with Crippen LogP contribution in [-0.4, -0.2) is 35.1 Å². The Labute approximate surface area is 92.1 Å². The van der Waals surface area contributed by atoms with Gasteiger partial charge in [-0.05, 0) is 26.9 Å². The molecule has 0 radical (unpaired) electrons. The highest BCUT2D eigenvalue weighted by molar-refractivity contribution is 5.10. The molecule has 0 aliphatic carbocycles. The monoisotopic (exact) mass is 207 g/mol. The van der Waals surface area contributed by atoms with Crippen molar-refractivity contribution in [2.45, 2.75) is 38.6 Å². The molecule has 3 nitrogen and oxygen atoms in total. The summed E-state index contributed by atoms with van der Waals surface area (Å²) in [6.07, 6.45) is 5.91. The largest absolute Gasteiger partial charge is 0.334 e. The average Bonchev–Trinajstić information content (AvgIpc) is 2.59. The smallest absolute Gasteiger partial charge is 0.111 e. The SMILES string of the molecule is CC1CCCn2cc(CCN(C)C)nc21. The molecule has 2 rings (SSSR count). The molecule has 0 aromatic carbocycles. The van der Waals surface area contributed by atoms with Gasteiger partial charge in [-0.1, -0.05) is 6.92 Å². The van der Waals surface area contributed by atoms with Crippen LogP contribution in [0.15, 0.2) is 6.20 Å².